The van der Waals surface area contributed by atoms with Crippen LogP contribution in [0, 0.1) is 0 Å². The van der Waals surface area contributed by atoms with Crippen LogP contribution in [0.4, 0.5) is 0 Å². The van der Waals surface area contributed by atoms with Crippen LogP contribution in [-0.2, 0) is 0 Å². The lowest BCUT2D eigenvalue weighted by Crippen LogP contribution is -2.46. The fourth-order valence-electron chi connectivity index (χ4n) is 4.76. The number of nitrogens with zero attached hydrogens (tertiary/aromatic N) is 2. The maximum atomic E-state index is 3.68. The Morgan fingerprint density at radius 1 is 0.235 bits per heavy atom. The minimum atomic E-state index is 1.13. The summed E-state index contributed by atoms with van der Waals surface area (Å²) in [7, 11) is 0. The van der Waals surface area contributed by atoms with Crippen molar-refractivity contribution < 1.29 is 0 Å². The molecule has 2 aliphatic heterocycles. The predicted octanol–water partition coefficient (Wildman–Crippen LogP) is 0.971. The first-order valence-electron chi connectivity index (χ1n) is 14.7. The molecule has 34 heavy (non-hydrogen) atoms. The molecule has 8 nitrogen and oxygen atoms in total. The maximum absolute atomic E-state index is 3.68. The fraction of sp³-hybridized carbons (Fsp3) is 1.00. The van der Waals surface area contributed by atoms with Gasteiger partial charge in [0.2, 0.25) is 0 Å². The molecule has 0 saturated carbocycles. The molecule has 0 aromatic rings. The molecule has 8 heteroatoms. The molecule has 2 rings (SSSR count). The van der Waals surface area contributed by atoms with Crippen LogP contribution in [0.2, 0.25) is 0 Å². The van der Waals surface area contributed by atoms with Crippen LogP contribution in [0.5, 0.6) is 0 Å². The van der Waals surface area contributed by atoms with Gasteiger partial charge >= 0.3 is 0 Å². The second-order valence-electron chi connectivity index (χ2n) is 9.94. The van der Waals surface area contributed by atoms with Gasteiger partial charge in [0, 0.05) is 26.2 Å². The summed E-state index contributed by atoms with van der Waals surface area (Å²) in [5, 5.41) is 27.2. The van der Waals surface area contributed by atoms with Crippen LogP contribution in [0.25, 0.3) is 0 Å². The minimum absolute atomic E-state index is 1.13. The summed E-state index contributed by atoms with van der Waals surface area (Å²) in [5.74, 6) is 0. The first-order valence-corrected chi connectivity index (χ1v) is 14.7. The van der Waals surface area contributed by atoms with Crippen molar-refractivity contribution in [3.63, 3.8) is 0 Å². The fourth-order valence-corrected chi connectivity index (χ4v) is 4.76. The second-order valence-corrected chi connectivity index (χ2v) is 9.94. The Kier molecular flexibility index (Phi) is 20.3. The van der Waals surface area contributed by atoms with E-state index < -0.39 is 0 Å². The van der Waals surface area contributed by atoms with Gasteiger partial charge < -0.3 is 31.9 Å². The highest BCUT2D eigenvalue weighted by Gasteiger charge is 2.15. The number of nitrogens with one attached hydrogen (secondary N) is 6. The summed E-state index contributed by atoms with van der Waals surface area (Å²) in [6.07, 6.45) is 12.5. The number of hydrazine groups is 1. The van der Waals surface area contributed by atoms with Gasteiger partial charge in [-0.25, -0.2) is 10.0 Å². The van der Waals surface area contributed by atoms with Crippen LogP contribution in [0.3, 0.4) is 0 Å². The van der Waals surface area contributed by atoms with Gasteiger partial charge in [-0.3, -0.25) is 0 Å². The first kappa shape index (κ1) is 29.9. The molecule has 0 aromatic carbocycles. The van der Waals surface area contributed by atoms with Crippen molar-refractivity contribution in [3.8, 4) is 0 Å². The largest absolute Gasteiger partial charge is 0.317 e. The Balaban J connectivity index is 1.82. The lowest BCUT2D eigenvalue weighted by atomic mass is 10.2. The van der Waals surface area contributed by atoms with Gasteiger partial charge in [-0.15, -0.1) is 0 Å². The quantitative estimate of drug-likeness (QED) is 0.330. The topological polar surface area (TPSA) is 78.7 Å². The van der Waals surface area contributed by atoms with E-state index in [9.17, 15) is 0 Å². The van der Waals surface area contributed by atoms with E-state index in [1.807, 2.05) is 0 Å². The summed E-state index contributed by atoms with van der Waals surface area (Å²) >= 11 is 0. The van der Waals surface area contributed by atoms with Gasteiger partial charge in [0.15, 0.2) is 0 Å². The first-order chi connectivity index (χ1) is 17.0. The van der Waals surface area contributed by atoms with Gasteiger partial charge in [0.05, 0.1) is 0 Å². The van der Waals surface area contributed by atoms with Crippen molar-refractivity contribution >= 4 is 0 Å². The molecule has 2 heterocycles. The zero-order chi connectivity index (χ0) is 23.8. The smallest absolute Gasteiger partial charge is 0.0145 e. The zero-order valence-corrected chi connectivity index (χ0v) is 22.3. The van der Waals surface area contributed by atoms with E-state index >= 15 is 0 Å². The highest BCUT2D eigenvalue weighted by molar-refractivity contribution is 4.65. The molecule has 0 spiro atoms. The molecule has 6 N–H and O–H groups in total. The Hall–Kier alpha value is -0.320. The average Bonchev–Trinajstić information content (AvgIpc) is 2.84. The summed E-state index contributed by atoms with van der Waals surface area (Å²) < 4.78 is 0. The maximum Gasteiger partial charge on any atom is 0.0145 e. The van der Waals surface area contributed by atoms with E-state index in [1.54, 1.807) is 0 Å². The summed E-state index contributed by atoms with van der Waals surface area (Å²) in [5.41, 5.74) is 0. The molecule has 0 amide bonds. The normalized spacial score (nSPS) is 25.8. The Labute approximate surface area is 211 Å². The molecular formula is C26H58N8. The molecule has 2 saturated heterocycles. The van der Waals surface area contributed by atoms with Gasteiger partial charge in [0.1, 0.15) is 0 Å². The summed E-state index contributed by atoms with van der Waals surface area (Å²) in [6, 6.07) is 0. The third-order valence-electron chi connectivity index (χ3n) is 6.81. The number of hydrogen-bond donors (Lipinski definition) is 6. The minimum Gasteiger partial charge on any atom is -0.317 e. The Morgan fingerprint density at radius 2 is 0.471 bits per heavy atom. The molecule has 0 aliphatic carbocycles. The third-order valence-corrected chi connectivity index (χ3v) is 6.81. The highest BCUT2D eigenvalue weighted by atomic mass is 15.6. The standard InChI is InChI=1S/C26H58N8/c1-2-12-29-20-8-24-33(23-4-3-13-28-15-5-14-27-11-1)34-25-9-21-31-18-6-16-30-17-7-19-32-22-10-26-34/h27-32H,1-26H2. The van der Waals surface area contributed by atoms with Crippen molar-refractivity contribution in [1.82, 2.24) is 41.9 Å². The monoisotopic (exact) mass is 482 g/mol. The molecule has 0 atom stereocenters. The molecular weight excluding hydrogens is 424 g/mol. The SMILES string of the molecule is C1CCNCCCN(N2CCCNCCCNCCCNCCC2)CCCCNCCCNC1. The van der Waals surface area contributed by atoms with E-state index in [0.29, 0.717) is 0 Å². The van der Waals surface area contributed by atoms with Crippen LogP contribution >= 0.6 is 0 Å². The van der Waals surface area contributed by atoms with Crippen LogP contribution in [0.15, 0.2) is 0 Å². The van der Waals surface area contributed by atoms with Crippen molar-refractivity contribution in [3.05, 3.63) is 0 Å². The van der Waals surface area contributed by atoms with Gasteiger partial charge in [0.25, 0.3) is 0 Å². The van der Waals surface area contributed by atoms with Gasteiger partial charge in [-0.05, 0) is 143 Å². The molecule has 0 bridgehead atoms. The molecule has 202 valence electrons. The van der Waals surface area contributed by atoms with Crippen LogP contribution < -0.4 is 31.9 Å². The van der Waals surface area contributed by atoms with Crippen molar-refractivity contribution in [2.24, 2.45) is 0 Å². The lowest BCUT2D eigenvalue weighted by Gasteiger charge is -2.36. The Morgan fingerprint density at radius 3 is 0.824 bits per heavy atom. The molecule has 2 aliphatic rings. The van der Waals surface area contributed by atoms with E-state index in [1.165, 1.54) is 90.4 Å². The molecule has 0 radical (unpaired) electrons. The summed E-state index contributed by atoms with van der Waals surface area (Å²) in [6.45, 7) is 18.4. The lowest BCUT2D eigenvalue weighted by molar-refractivity contribution is -0.0290. The average molecular weight is 483 g/mol. The van der Waals surface area contributed by atoms with Crippen molar-refractivity contribution in [1.29, 1.82) is 0 Å². The Bertz CT molecular complexity index is 392. The molecule has 0 aromatic heterocycles. The van der Waals surface area contributed by atoms with E-state index in [-0.39, 0.29) is 0 Å². The van der Waals surface area contributed by atoms with Gasteiger partial charge in [-0.1, -0.05) is 0 Å². The van der Waals surface area contributed by atoms with E-state index in [0.717, 1.165) is 78.5 Å². The van der Waals surface area contributed by atoms with E-state index in [2.05, 4.69) is 41.9 Å². The third kappa shape index (κ3) is 17.2. The van der Waals surface area contributed by atoms with Crippen molar-refractivity contribution in [2.45, 2.75) is 64.2 Å². The van der Waals surface area contributed by atoms with Crippen LogP contribution in [-0.4, -0.2) is 115 Å². The van der Waals surface area contributed by atoms with E-state index in [4.69, 9.17) is 0 Å². The molecule has 2 fully saturated rings. The summed E-state index contributed by atoms with van der Waals surface area (Å²) in [4.78, 5) is 0. The highest BCUT2D eigenvalue weighted by Crippen LogP contribution is 2.06. The number of rotatable bonds is 1. The van der Waals surface area contributed by atoms with Crippen molar-refractivity contribution in [2.75, 3.05) is 105 Å². The van der Waals surface area contributed by atoms with Gasteiger partial charge in [-0.2, -0.15) is 0 Å². The number of hydrogen-bond acceptors (Lipinski definition) is 8. The molecule has 0 unspecified atom stereocenters. The zero-order valence-electron chi connectivity index (χ0n) is 22.3. The predicted molar refractivity (Wildman–Crippen MR) is 147 cm³/mol. The second kappa shape index (κ2) is 23.1. The van der Waals surface area contributed by atoms with Crippen LogP contribution in [0.1, 0.15) is 64.2 Å².